The van der Waals surface area contributed by atoms with E-state index in [1.54, 1.807) is 24.3 Å². The summed E-state index contributed by atoms with van der Waals surface area (Å²) in [4.78, 5) is 29.8. The summed E-state index contributed by atoms with van der Waals surface area (Å²) >= 11 is 13.5. The van der Waals surface area contributed by atoms with Gasteiger partial charge in [0.1, 0.15) is 30.6 Å². The van der Waals surface area contributed by atoms with Gasteiger partial charge in [0.25, 0.3) is 0 Å². The van der Waals surface area contributed by atoms with Crippen LogP contribution in [0, 0.1) is 0 Å². The van der Waals surface area contributed by atoms with Crippen LogP contribution in [-0.2, 0) is 9.59 Å². The van der Waals surface area contributed by atoms with Gasteiger partial charge in [-0.15, -0.1) is 0 Å². The van der Waals surface area contributed by atoms with Crippen molar-refractivity contribution in [2.75, 3.05) is 23.0 Å². The summed E-state index contributed by atoms with van der Waals surface area (Å²) < 4.78 is 12.1. The van der Waals surface area contributed by atoms with Crippen LogP contribution in [0.2, 0.25) is 0 Å². The molecule has 0 saturated carbocycles. The number of thiocarbonyl (C=S) groups is 2. The number of ether oxygens (including phenoxy) is 2. The summed E-state index contributed by atoms with van der Waals surface area (Å²) in [6, 6.07) is 14.5. The maximum Gasteiger partial charge on any atom is 0.247 e. The minimum atomic E-state index is -0.683. The van der Waals surface area contributed by atoms with Crippen molar-refractivity contribution in [3.8, 4) is 11.5 Å². The Labute approximate surface area is 205 Å². The van der Waals surface area contributed by atoms with Crippen LogP contribution in [0.4, 0.5) is 11.4 Å². The van der Waals surface area contributed by atoms with E-state index in [0.29, 0.717) is 44.7 Å². The smallest absolute Gasteiger partial charge is 0.247 e. The van der Waals surface area contributed by atoms with Gasteiger partial charge >= 0.3 is 0 Å². The van der Waals surface area contributed by atoms with Gasteiger partial charge in [-0.2, -0.15) is 0 Å². The number of amides is 2. The molecule has 2 fully saturated rings. The molecular weight excluding hydrogens is 485 g/mol. The van der Waals surface area contributed by atoms with Gasteiger partial charge < -0.3 is 9.47 Å². The van der Waals surface area contributed by atoms with Crippen molar-refractivity contribution in [3.63, 3.8) is 0 Å². The second-order valence-corrected chi connectivity index (χ2v) is 10.3. The molecule has 32 heavy (non-hydrogen) atoms. The minimum absolute atomic E-state index is 0.249. The largest absolute Gasteiger partial charge is 0.492 e. The van der Waals surface area contributed by atoms with E-state index in [1.807, 2.05) is 38.1 Å². The molecule has 2 aliphatic rings. The predicted octanol–water partition coefficient (Wildman–Crippen LogP) is 4.65. The molecule has 0 aromatic heterocycles. The predicted molar refractivity (Wildman–Crippen MR) is 138 cm³/mol. The SMILES string of the molecule is CCOc1ccccc1N1C(=O)[C@@H]([C@H]2SC(=S)N(c3ccccc3OCC)C2=O)SC1=S. The minimum Gasteiger partial charge on any atom is -0.492 e. The lowest BCUT2D eigenvalue weighted by Gasteiger charge is -2.21. The van der Waals surface area contributed by atoms with Crippen LogP contribution in [0.15, 0.2) is 48.5 Å². The highest BCUT2D eigenvalue weighted by molar-refractivity contribution is 8.28. The molecule has 2 aromatic carbocycles. The molecule has 0 aliphatic carbocycles. The topological polar surface area (TPSA) is 59.1 Å². The van der Waals surface area contributed by atoms with Gasteiger partial charge in [-0.05, 0) is 38.1 Å². The summed E-state index contributed by atoms with van der Waals surface area (Å²) in [5.74, 6) is 0.641. The standard InChI is InChI=1S/C22H20N2O4S4/c1-3-27-15-11-7-5-9-13(15)23-19(25)17(31-21(23)29)18-20(26)24(22(30)32-18)14-10-6-8-12-16(14)28-4-2/h5-12,17-18H,3-4H2,1-2H3/t17-,18-/m1/s1. The Balaban J connectivity index is 1.62. The van der Waals surface area contributed by atoms with Crippen molar-refractivity contribution in [1.82, 2.24) is 0 Å². The summed E-state index contributed by atoms with van der Waals surface area (Å²) in [5, 5.41) is -1.37. The van der Waals surface area contributed by atoms with E-state index in [0.717, 1.165) is 0 Å². The summed E-state index contributed by atoms with van der Waals surface area (Å²) in [5.41, 5.74) is 1.16. The number of thioether (sulfide) groups is 2. The molecule has 6 nitrogen and oxygen atoms in total. The average molecular weight is 505 g/mol. The van der Waals surface area contributed by atoms with E-state index in [4.69, 9.17) is 33.9 Å². The molecule has 4 rings (SSSR count). The summed E-state index contributed by atoms with van der Waals surface area (Å²) in [6.07, 6.45) is 0. The Bertz CT molecular complexity index is 1010. The van der Waals surface area contributed by atoms with Crippen molar-refractivity contribution in [2.45, 2.75) is 24.3 Å². The molecule has 2 aliphatic heterocycles. The molecule has 0 bridgehead atoms. The lowest BCUT2D eigenvalue weighted by atomic mass is 10.2. The third-order valence-corrected chi connectivity index (χ3v) is 8.17. The molecule has 0 spiro atoms. The van der Waals surface area contributed by atoms with Gasteiger partial charge in [0.15, 0.2) is 0 Å². The van der Waals surface area contributed by atoms with Crippen LogP contribution < -0.4 is 19.3 Å². The second-order valence-electron chi connectivity index (χ2n) is 6.76. The zero-order valence-corrected chi connectivity index (χ0v) is 20.6. The van der Waals surface area contributed by atoms with Crippen LogP contribution in [0.1, 0.15) is 13.8 Å². The highest BCUT2D eigenvalue weighted by Crippen LogP contribution is 2.45. The van der Waals surface area contributed by atoms with Crippen molar-refractivity contribution in [1.29, 1.82) is 0 Å². The van der Waals surface area contributed by atoms with Crippen molar-refractivity contribution >= 4 is 79.8 Å². The molecule has 2 saturated heterocycles. The second kappa shape index (κ2) is 9.78. The molecule has 2 heterocycles. The lowest BCUT2D eigenvalue weighted by molar-refractivity contribution is -0.121. The van der Waals surface area contributed by atoms with E-state index < -0.39 is 10.5 Å². The first kappa shape index (κ1) is 23.0. The van der Waals surface area contributed by atoms with E-state index in [-0.39, 0.29) is 11.8 Å². The van der Waals surface area contributed by atoms with E-state index in [2.05, 4.69) is 0 Å². The fourth-order valence-corrected chi connectivity index (χ4v) is 6.76. The zero-order valence-electron chi connectivity index (χ0n) is 17.3. The number of para-hydroxylation sites is 4. The third-order valence-electron chi connectivity index (χ3n) is 4.84. The first-order valence-corrected chi connectivity index (χ1v) is 12.6. The molecule has 2 aromatic rings. The van der Waals surface area contributed by atoms with Crippen molar-refractivity contribution in [3.05, 3.63) is 48.5 Å². The van der Waals surface area contributed by atoms with Gasteiger partial charge in [-0.3, -0.25) is 19.4 Å². The number of rotatable bonds is 7. The fourth-order valence-electron chi connectivity index (χ4n) is 3.51. The molecule has 166 valence electrons. The van der Waals surface area contributed by atoms with Gasteiger partial charge in [0.05, 0.1) is 24.6 Å². The first-order valence-electron chi connectivity index (χ1n) is 10.0. The molecular formula is C22H20N2O4S4. The Morgan fingerprint density at radius 1 is 0.750 bits per heavy atom. The number of benzene rings is 2. The normalized spacial score (nSPS) is 20.9. The van der Waals surface area contributed by atoms with E-state index >= 15 is 0 Å². The fraction of sp³-hybridized carbons (Fsp3) is 0.273. The number of hydrogen-bond acceptors (Lipinski definition) is 8. The van der Waals surface area contributed by atoms with E-state index in [9.17, 15) is 9.59 Å². The number of carbonyl (C=O) groups excluding carboxylic acids is 2. The first-order chi connectivity index (χ1) is 15.5. The lowest BCUT2D eigenvalue weighted by Crippen LogP contribution is -2.40. The Morgan fingerprint density at radius 2 is 1.12 bits per heavy atom. The monoisotopic (exact) mass is 504 g/mol. The Kier molecular flexibility index (Phi) is 7.04. The molecule has 2 atom stereocenters. The number of hydrogen-bond donors (Lipinski definition) is 0. The summed E-state index contributed by atoms with van der Waals surface area (Å²) in [7, 11) is 0. The average Bonchev–Trinajstić information content (AvgIpc) is 3.24. The quantitative estimate of drug-likeness (QED) is 0.505. The molecule has 0 radical (unpaired) electrons. The summed E-state index contributed by atoms with van der Waals surface area (Å²) in [6.45, 7) is 4.67. The zero-order chi connectivity index (χ0) is 22.8. The number of carbonyl (C=O) groups is 2. The van der Waals surface area contributed by atoms with Crippen LogP contribution in [0.25, 0.3) is 0 Å². The van der Waals surface area contributed by atoms with Gasteiger partial charge in [-0.1, -0.05) is 72.2 Å². The molecule has 10 heteroatoms. The maximum atomic E-state index is 13.4. The maximum absolute atomic E-state index is 13.4. The number of anilines is 2. The van der Waals surface area contributed by atoms with Crippen LogP contribution in [-0.4, -0.2) is 44.2 Å². The molecule has 0 unspecified atom stereocenters. The van der Waals surface area contributed by atoms with Crippen LogP contribution in [0.3, 0.4) is 0 Å². The molecule has 2 amide bonds. The van der Waals surface area contributed by atoms with Gasteiger partial charge in [-0.25, -0.2) is 0 Å². The van der Waals surface area contributed by atoms with Crippen molar-refractivity contribution < 1.29 is 19.1 Å². The van der Waals surface area contributed by atoms with Gasteiger partial charge in [0.2, 0.25) is 11.8 Å². The molecule has 0 N–H and O–H groups in total. The van der Waals surface area contributed by atoms with Crippen LogP contribution >= 0.6 is 48.0 Å². The van der Waals surface area contributed by atoms with Crippen LogP contribution in [0.5, 0.6) is 11.5 Å². The van der Waals surface area contributed by atoms with Crippen molar-refractivity contribution in [2.24, 2.45) is 0 Å². The number of nitrogens with zero attached hydrogens (tertiary/aromatic N) is 2. The van der Waals surface area contributed by atoms with E-state index in [1.165, 1.54) is 33.3 Å². The Hall–Kier alpha value is -2.14. The third kappa shape index (κ3) is 4.12. The highest BCUT2D eigenvalue weighted by Gasteiger charge is 2.52. The van der Waals surface area contributed by atoms with Gasteiger partial charge in [0, 0.05) is 0 Å². The Morgan fingerprint density at radius 3 is 1.50 bits per heavy atom. The highest BCUT2D eigenvalue weighted by atomic mass is 32.2.